The van der Waals surface area contributed by atoms with Crippen LogP contribution in [-0.4, -0.2) is 77.5 Å². The number of benzene rings is 3. The Hall–Kier alpha value is -4.66. The van der Waals surface area contributed by atoms with Crippen LogP contribution in [0.3, 0.4) is 0 Å². The third kappa shape index (κ3) is 9.18. The van der Waals surface area contributed by atoms with Crippen LogP contribution in [0.25, 0.3) is 11.1 Å². The number of β-amino-alcohol motifs (C(OH)–C–C–N with tert-alkyl or cyclic N) is 1. The summed E-state index contributed by atoms with van der Waals surface area (Å²) in [5.74, 6) is 2.39. The highest BCUT2D eigenvalue weighted by molar-refractivity contribution is 6.32. The third-order valence-electron chi connectivity index (χ3n) is 9.41. The Balaban J connectivity index is 1.16. The average Bonchev–Trinajstić information content (AvgIpc) is 3.14. The smallest absolute Gasteiger partial charge is 0.142 e. The molecule has 0 aliphatic carbocycles. The van der Waals surface area contributed by atoms with Crippen LogP contribution in [0, 0.1) is 25.2 Å². The van der Waals surface area contributed by atoms with Gasteiger partial charge in [-0.15, -0.1) is 0 Å². The molecule has 0 radical (unpaired) electrons. The summed E-state index contributed by atoms with van der Waals surface area (Å²) >= 11 is 6.79. The molecule has 0 spiro atoms. The number of hydrogen-bond acceptors (Lipinski definition) is 10. The number of aliphatic hydroxyl groups excluding tert-OH is 2. The van der Waals surface area contributed by atoms with Crippen molar-refractivity contribution >= 4 is 17.4 Å². The quantitative estimate of drug-likeness (QED) is 0.143. The Bertz CT molecular complexity index is 1900. The summed E-state index contributed by atoms with van der Waals surface area (Å²) in [6, 6.07) is 19.7. The highest BCUT2D eigenvalue weighted by atomic mass is 35.5. The van der Waals surface area contributed by atoms with Crippen LogP contribution in [0.15, 0.2) is 72.0 Å². The molecule has 266 valence electrons. The van der Waals surface area contributed by atoms with Crippen molar-refractivity contribution in [2.45, 2.75) is 58.5 Å². The molecular formula is C40H44ClN5O5. The van der Waals surface area contributed by atoms with Gasteiger partial charge in [0, 0.05) is 50.2 Å². The highest BCUT2D eigenvalue weighted by Crippen LogP contribution is 2.36. The largest absolute Gasteiger partial charge is 0.493 e. The second-order valence-corrected chi connectivity index (χ2v) is 13.5. The Labute approximate surface area is 304 Å². The van der Waals surface area contributed by atoms with Crippen LogP contribution in [0.2, 0.25) is 5.02 Å². The van der Waals surface area contributed by atoms with Crippen molar-refractivity contribution in [3.8, 4) is 34.4 Å². The maximum Gasteiger partial charge on any atom is 0.142 e. The molecule has 1 fully saturated rings. The Morgan fingerprint density at radius 2 is 1.65 bits per heavy atom. The van der Waals surface area contributed by atoms with Gasteiger partial charge in [0.15, 0.2) is 0 Å². The first-order valence-electron chi connectivity index (χ1n) is 17.4. The number of halogens is 1. The lowest BCUT2D eigenvalue weighted by atomic mass is 9.93. The Morgan fingerprint density at radius 1 is 0.882 bits per heavy atom. The predicted molar refractivity (Wildman–Crippen MR) is 198 cm³/mol. The van der Waals surface area contributed by atoms with E-state index in [4.69, 9.17) is 25.8 Å². The highest BCUT2D eigenvalue weighted by Gasteiger charge is 2.21. The van der Waals surface area contributed by atoms with E-state index in [0.29, 0.717) is 46.6 Å². The van der Waals surface area contributed by atoms with Gasteiger partial charge >= 0.3 is 0 Å². The zero-order valence-electron chi connectivity index (χ0n) is 29.1. The zero-order chi connectivity index (χ0) is 35.7. The maximum atomic E-state index is 9.96. The number of nitrogens with zero attached hydrogens (tertiary/aromatic N) is 4. The fourth-order valence-corrected chi connectivity index (χ4v) is 6.63. The standard InChI is InChI=1S/C40H44ClN5O5/c1-26-30(6-3-7-33(26)34-8-4-9-37(27(34)2)49-15-5-12-46-13-10-31(47)11-14-46)25-51-39-18-38(50-24-29-16-28(19-42)20-43-21-29)35(17-36(39)41)40-44-22-32(48)23-45-40/h3-4,6-9,16-18,20-21,31-32,47-48H,5,10-15,22-25H2,1-2H3,(H,44,45). The summed E-state index contributed by atoms with van der Waals surface area (Å²) in [5, 5.41) is 32.6. The number of aromatic nitrogens is 1. The molecule has 2 aliphatic heterocycles. The molecule has 6 rings (SSSR count). The normalized spacial score (nSPS) is 16.5. The molecule has 11 heteroatoms. The minimum absolute atomic E-state index is 0.158. The number of hydrogen-bond donors (Lipinski definition) is 3. The minimum Gasteiger partial charge on any atom is -0.493 e. The minimum atomic E-state index is -0.569. The molecule has 1 unspecified atom stereocenters. The maximum absolute atomic E-state index is 9.96. The van der Waals surface area contributed by atoms with E-state index in [2.05, 4.69) is 58.3 Å². The predicted octanol–water partition coefficient (Wildman–Crippen LogP) is 5.98. The van der Waals surface area contributed by atoms with Gasteiger partial charge in [-0.2, -0.15) is 5.26 Å². The van der Waals surface area contributed by atoms with Crippen molar-refractivity contribution in [2.75, 3.05) is 39.3 Å². The molecule has 51 heavy (non-hydrogen) atoms. The van der Waals surface area contributed by atoms with Gasteiger partial charge in [0.05, 0.1) is 41.5 Å². The van der Waals surface area contributed by atoms with E-state index >= 15 is 0 Å². The van der Waals surface area contributed by atoms with E-state index in [1.165, 1.54) is 6.20 Å². The number of aliphatic imine (C=N–C) groups is 1. The number of nitriles is 1. The molecule has 3 aromatic carbocycles. The van der Waals surface area contributed by atoms with Crippen molar-refractivity contribution in [1.82, 2.24) is 15.2 Å². The van der Waals surface area contributed by atoms with Crippen LogP contribution in [0.4, 0.5) is 0 Å². The molecule has 1 atom stereocenters. The summed E-state index contributed by atoms with van der Waals surface area (Å²) in [6.07, 6.45) is 5.06. The molecule has 4 aromatic rings. The van der Waals surface area contributed by atoms with Gasteiger partial charge in [-0.3, -0.25) is 9.98 Å². The van der Waals surface area contributed by atoms with Gasteiger partial charge in [-0.25, -0.2) is 0 Å². The summed E-state index contributed by atoms with van der Waals surface area (Å²) in [5.41, 5.74) is 7.24. The second kappa shape index (κ2) is 17.0. The second-order valence-electron chi connectivity index (χ2n) is 13.1. The van der Waals surface area contributed by atoms with Crippen molar-refractivity contribution in [2.24, 2.45) is 4.99 Å². The average molecular weight is 710 g/mol. The fourth-order valence-electron chi connectivity index (χ4n) is 6.41. The summed E-state index contributed by atoms with van der Waals surface area (Å²) in [4.78, 5) is 11.0. The van der Waals surface area contributed by atoms with Crippen LogP contribution < -0.4 is 19.5 Å². The molecule has 10 nitrogen and oxygen atoms in total. The lowest BCUT2D eigenvalue weighted by Crippen LogP contribution is -2.39. The number of aliphatic hydroxyl groups is 2. The lowest BCUT2D eigenvalue weighted by Gasteiger charge is -2.29. The number of rotatable bonds is 13. The van der Waals surface area contributed by atoms with E-state index in [1.54, 1.807) is 24.4 Å². The van der Waals surface area contributed by atoms with Crippen LogP contribution in [0.1, 0.15) is 52.6 Å². The van der Waals surface area contributed by atoms with Gasteiger partial charge < -0.3 is 34.6 Å². The first-order valence-corrected chi connectivity index (χ1v) is 17.8. The Morgan fingerprint density at radius 3 is 2.41 bits per heavy atom. The monoisotopic (exact) mass is 709 g/mol. The molecule has 2 aliphatic rings. The number of ether oxygens (including phenoxy) is 3. The molecule has 1 aromatic heterocycles. The van der Waals surface area contributed by atoms with Gasteiger partial charge in [0.25, 0.3) is 0 Å². The molecule has 0 saturated carbocycles. The van der Waals surface area contributed by atoms with E-state index in [-0.39, 0.29) is 25.9 Å². The number of likely N-dealkylation sites (tertiary alicyclic amines) is 1. The molecule has 0 bridgehead atoms. The molecular weight excluding hydrogens is 666 g/mol. The van der Waals surface area contributed by atoms with Crippen LogP contribution >= 0.6 is 11.6 Å². The van der Waals surface area contributed by atoms with Crippen LogP contribution in [0.5, 0.6) is 17.2 Å². The van der Waals surface area contributed by atoms with E-state index < -0.39 is 6.10 Å². The lowest BCUT2D eigenvalue weighted by molar-refractivity contribution is 0.0800. The third-order valence-corrected chi connectivity index (χ3v) is 9.70. The molecule has 3 N–H and O–H groups in total. The van der Waals surface area contributed by atoms with Crippen LogP contribution in [-0.2, 0) is 13.2 Å². The Kier molecular flexibility index (Phi) is 12.1. The number of pyridine rings is 1. The summed E-state index contributed by atoms with van der Waals surface area (Å²) in [7, 11) is 0. The molecule has 0 amide bonds. The van der Waals surface area contributed by atoms with E-state index in [0.717, 1.165) is 78.0 Å². The van der Waals surface area contributed by atoms with Crippen molar-refractivity contribution in [3.05, 3.63) is 105 Å². The zero-order valence-corrected chi connectivity index (χ0v) is 29.8. The first kappa shape index (κ1) is 36.1. The molecule has 3 heterocycles. The van der Waals surface area contributed by atoms with Gasteiger partial charge in [-0.05, 0) is 79.1 Å². The fraction of sp³-hybridized carbons (Fsp3) is 0.375. The SMILES string of the molecule is Cc1c(COc2cc(OCc3cncc(C#N)c3)c(C3=NCC(O)CN3)cc2Cl)cccc1-c1cccc(OCCCN2CCC(O)CC2)c1C. The van der Waals surface area contributed by atoms with Gasteiger partial charge in [-0.1, -0.05) is 41.9 Å². The van der Waals surface area contributed by atoms with E-state index in [1.807, 2.05) is 18.2 Å². The van der Waals surface area contributed by atoms with Gasteiger partial charge in [0.2, 0.25) is 0 Å². The molecule has 1 saturated heterocycles. The van der Waals surface area contributed by atoms with E-state index in [9.17, 15) is 15.5 Å². The van der Waals surface area contributed by atoms with Gasteiger partial charge in [0.1, 0.15) is 42.4 Å². The topological polar surface area (TPSA) is 132 Å². The van der Waals surface area contributed by atoms with Crippen molar-refractivity contribution < 1.29 is 24.4 Å². The van der Waals surface area contributed by atoms with Crippen molar-refractivity contribution in [3.63, 3.8) is 0 Å². The number of nitrogens with one attached hydrogen (secondary N) is 1. The summed E-state index contributed by atoms with van der Waals surface area (Å²) in [6.45, 7) is 8.75. The van der Waals surface area contributed by atoms with Crippen molar-refractivity contribution in [1.29, 1.82) is 5.26 Å². The summed E-state index contributed by atoms with van der Waals surface area (Å²) < 4.78 is 18.9. The first-order chi connectivity index (χ1) is 24.8. The number of piperidine rings is 1. The number of amidine groups is 1.